The number of pyridine rings is 1. The van der Waals surface area contributed by atoms with Crippen molar-refractivity contribution in [1.82, 2.24) is 14.2 Å². The molecule has 0 saturated carbocycles. The van der Waals surface area contributed by atoms with Crippen molar-refractivity contribution in [2.75, 3.05) is 0 Å². The molecule has 4 nitrogen and oxygen atoms in total. The van der Waals surface area contributed by atoms with Crippen LogP contribution in [0.2, 0.25) is 0 Å². The zero-order valence-electron chi connectivity index (χ0n) is 17.6. The second-order valence-electron chi connectivity index (χ2n) is 8.55. The predicted molar refractivity (Wildman–Crippen MR) is 134 cm³/mol. The van der Waals surface area contributed by atoms with Gasteiger partial charge in [0.2, 0.25) is 0 Å². The topological polar surface area (TPSA) is 35.4 Å². The van der Waals surface area contributed by atoms with Gasteiger partial charge in [0, 0.05) is 33.0 Å². The lowest BCUT2D eigenvalue weighted by Crippen LogP contribution is -1.97. The molecule has 0 saturated heterocycles. The van der Waals surface area contributed by atoms with E-state index in [1.165, 1.54) is 16.3 Å². The quantitative estimate of drug-likeness (QED) is 0.274. The monoisotopic (exact) mass is 423 g/mol. The Bertz CT molecular complexity index is 2040. The van der Waals surface area contributed by atoms with Crippen molar-refractivity contribution in [2.45, 2.75) is 0 Å². The van der Waals surface area contributed by atoms with Gasteiger partial charge in [-0.3, -0.25) is 0 Å². The Morgan fingerprint density at radius 1 is 0.545 bits per heavy atom. The van der Waals surface area contributed by atoms with Crippen LogP contribution in [0.3, 0.4) is 0 Å². The standard InChI is InChI=1S/C29H17N3O/c1-4-10-24-21(9-1)25-14-13-18(17-31(25)30-24)32-26-11-5-2-7-19(26)22-15-23-20-8-3-6-12-28(20)33-29(23)16-27(22)32/h1-17H. The van der Waals surface area contributed by atoms with E-state index in [0.717, 1.165) is 49.6 Å². The van der Waals surface area contributed by atoms with Gasteiger partial charge in [0.25, 0.3) is 0 Å². The number of hydrogen-bond donors (Lipinski definition) is 0. The first-order valence-electron chi connectivity index (χ1n) is 11.1. The summed E-state index contributed by atoms with van der Waals surface area (Å²) in [4.78, 5) is 0. The molecule has 0 spiro atoms. The summed E-state index contributed by atoms with van der Waals surface area (Å²) in [5, 5.41) is 10.7. The molecule has 8 rings (SSSR count). The lowest BCUT2D eigenvalue weighted by Gasteiger charge is -2.08. The highest BCUT2D eigenvalue weighted by molar-refractivity contribution is 6.17. The first-order chi connectivity index (χ1) is 16.3. The molecule has 8 aromatic rings. The fourth-order valence-corrected chi connectivity index (χ4v) is 5.27. The molecule has 0 atom stereocenters. The molecule has 0 aliphatic heterocycles. The second kappa shape index (κ2) is 6.02. The van der Waals surface area contributed by atoms with Crippen LogP contribution in [-0.2, 0) is 0 Å². The zero-order chi connectivity index (χ0) is 21.5. The average molecular weight is 423 g/mol. The third-order valence-corrected chi connectivity index (χ3v) is 6.74. The fourth-order valence-electron chi connectivity index (χ4n) is 5.27. The number of furan rings is 1. The van der Waals surface area contributed by atoms with Crippen molar-refractivity contribution in [3.8, 4) is 5.69 Å². The lowest BCUT2D eigenvalue weighted by molar-refractivity contribution is 0.669. The first-order valence-corrected chi connectivity index (χ1v) is 11.1. The van der Waals surface area contributed by atoms with E-state index in [0.29, 0.717) is 0 Å². The Labute approximate surface area is 187 Å². The van der Waals surface area contributed by atoms with Crippen molar-refractivity contribution >= 4 is 60.2 Å². The van der Waals surface area contributed by atoms with E-state index >= 15 is 0 Å². The molecule has 0 fully saturated rings. The number of nitrogens with zero attached hydrogens (tertiary/aromatic N) is 3. The molecule has 4 aromatic carbocycles. The van der Waals surface area contributed by atoms with Gasteiger partial charge in [-0.05, 0) is 36.4 Å². The fraction of sp³-hybridized carbons (Fsp3) is 0. The van der Waals surface area contributed by atoms with Crippen molar-refractivity contribution in [1.29, 1.82) is 0 Å². The number of fused-ring (bicyclic) bond motifs is 9. The maximum Gasteiger partial charge on any atom is 0.137 e. The van der Waals surface area contributed by atoms with Crippen molar-refractivity contribution in [2.24, 2.45) is 0 Å². The zero-order valence-corrected chi connectivity index (χ0v) is 17.6. The van der Waals surface area contributed by atoms with E-state index in [9.17, 15) is 0 Å². The minimum absolute atomic E-state index is 0.902. The molecule has 0 amide bonds. The number of rotatable bonds is 1. The first kappa shape index (κ1) is 17.0. The molecular formula is C29H17N3O. The van der Waals surface area contributed by atoms with Gasteiger partial charge in [0.05, 0.1) is 34.0 Å². The Morgan fingerprint density at radius 2 is 1.33 bits per heavy atom. The molecule has 4 aromatic heterocycles. The van der Waals surface area contributed by atoms with Gasteiger partial charge in [0.15, 0.2) is 0 Å². The van der Waals surface area contributed by atoms with Crippen LogP contribution in [0, 0.1) is 0 Å². The van der Waals surface area contributed by atoms with Crippen LogP contribution < -0.4 is 0 Å². The van der Waals surface area contributed by atoms with Crippen LogP contribution in [0.15, 0.2) is 108 Å². The van der Waals surface area contributed by atoms with Gasteiger partial charge in [-0.15, -0.1) is 0 Å². The van der Waals surface area contributed by atoms with E-state index < -0.39 is 0 Å². The largest absolute Gasteiger partial charge is 0.456 e. The van der Waals surface area contributed by atoms with Crippen LogP contribution in [0.1, 0.15) is 0 Å². The summed E-state index contributed by atoms with van der Waals surface area (Å²) in [5.41, 5.74) is 7.28. The summed E-state index contributed by atoms with van der Waals surface area (Å²) in [6.07, 6.45) is 2.12. The Hall–Kier alpha value is -4.57. The van der Waals surface area contributed by atoms with E-state index in [1.807, 2.05) is 22.7 Å². The maximum absolute atomic E-state index is 6.23. The third-order valence-electron chi connectivity index (χ3n) is 6.74. The Kier molecular flexibility index (Phi) is 3.11. The molecule has 0 aliphatic carbocycles. The molecule has 0 radical (unpaired) electrons. The van der Waals surface area contributed by atoms with Crippen LogP contribution in [-0.4, -0.2) is 14.2 Å². The van der Waals surface area contributed by atoms with Crippen LogP contribution in [0.4, 0.5) is 0 Å². The SMILES string of the molecule is c1ccc2c(c1)nn1cc(-n3c4ccccc4c4cc5c(cc43)oc3ccccc35)ccc21. The molecule has 154 valence electrons. The molecule has 33 heavy (non-hydrogen) atoms. The Balaban J connectivity index is 1.50. The summed E-state index contributed by atoms with van der Waals surface area (Å²) in [7, 11) is 0. The summed E-state index contributed by atoms with van der Waals surface area (Å²) < 4.78 is 10.5. The molecule has 0 aliphatic rings. The van der Waals surface area contributed by atoms with Gasteiger partial charge in [-0.25, -0.2) is 4.52 Å². The number of para-hydroxylation sites is 2. The highest BCUT2D eigenvalue weighted by Crippen LogP contribution is 2.38. The molecule has 4 heterocycles. The molecule has 0 unspecified atom stereocenters. The van der Waals surface area contributed by atoms with Crippen molar-refractivity contribution in [3.05, 3.63) is 103 Å². The normalized spacial score (nSPS) is 12.2. The van der Waals surface area contributed by atoms with Crippen molar-refractivity contribution in [3.63, 3.8) is 0 Å². The van der Waals surface area contributed by atoms with Gasteiger partial charge >= 0.3 is 0 Å². The van der Waals surface area contributed by atoms with E-state index in [2.05, 4.69) is 89.6 Å². The minimum atomic E-state index is 0.902. The van der Waals surface area contributed by atoms with Gasteiger partial charge in [-0.1, -0.05) is 54.6 Å². The maximum atomic E-state index is 6.23. The molecule has 0 N–H and O–H groups in total. The predicted octanol–water partition coefficient (Wildman–Crippen LogP) is 7.48. The van der Waals surface area contributed by atoms with Crippen LogP contribution >= 0.6 is 0 Å². The highest BCUT2D eigenvalue weighted by Gasteiger charge is 2.16. The Morgan fingerprint density at radius 3 is 2.27 bits per heavy atom. The molecular weight excluding hydrogens is 406 g/mol. The van der Waals surface area contributed by atoms with E-state index in [4.69, 9.17) is 9.52 Å². The van der Waals surface area contributed by atoms with Crippen LogP contribution in [0.5, 0.6) is 0 Å². The number of aromatic nitrogens is 3. The van der Waals surface area contributed by atoms with E-state index in [1.54, 1.807) is 0 Å². The summed E-state index contributed by atoms with van der Waals surface area (Å²) in [5.74, 6) is 0. The summed E-state index contributed by atoms with van der Waals surface area (Å²) >= 11 is 0. The third kappa shape index (κ3) is 2.22. The van der Waals surface area contributed by atoms with E-state index in [-0.39, 0.29) is 0 Å². The minimum Gasteiger partial charge on any atom is -0.456 e. The summed E-state index contributed by atoms with van der Waals surface area (Å²) in [6.45, 7) is 0. The lowest BCUT2D eigenvalue weighted by atomic mass is 10.1. The number of hydrogen-bond acceptors (Lipinski definition) is 2. The smallest absolute Gasteiger partial charge is 0.137 e. The molecule has 4 heteroatoms. The summed E-state index contributed by atoms with van der Waals surface area (Å²) in [6, 6.07) is 33.9. The average Bonchev–Trinajstić information content (AvgIpc) is 3.51. The van der Waals surface area contributed by atoms with Gasteiger partial charge in [0.1, 0.15) is 11.2 Å². The van der Waals surface area contributed by atoms with Crippen molar-refractivity contribution < 1.29 is 4.42 Å². The highest BCUT2D eigenvalue weighted by atomic mass is 16.3. The number of benzene rings is 4. The van der Waals surface area contributed by atoms with Gasteiger partial charge in [-0.2, -0.15) is 5.10 Å². The molecule has 0 bridgehead atoms. The van der Waals surface area contributed by atoms with Crippen LogP contribution in [0.25, 0.3) is 65.9 Å². The van der Waals surface area contributed by atoms with Gasteiger partial charge < -0.3 is 8.98 Å². The second-order valence-corrected chi connectivity index (χ2v) is 8.55.